The van der Waals surface area contributed by atoms with Crippen molar-refractivity contribution in [2.24, 2.45) is 0 Å². The van der Waals surface area contributed by atoms with Crippen LogP contribution in [-0.2, 0) is 0 Å². The van der Waals surface area contributed by atoms with Gasteiger partial charge in [0.15, 0.2) is 0 Å². The fourth-order valence-electron chi connectivity index (χ4n) is 2.33. The second kappa shape index (κ2) is 5.00. The number of carbonyl (C=O) groups excluding carboxylic acids is 3. The van der Waals surface area contributed by atoms with Gasteiger partial charge >= 0.3 is 0 Å². The minimum atomic E-state index is -0.488. The third-order valence-electron chi connectivity index (χ3n) is 3.50. The van der Waals surface area contributed by atoms with Gasteiger partial charge in [0, 0.05) is 16.9 Å². The summed E-state index contributed by atoms with van der Waals surface area (Å²) in [7, 11) is 0. The van der Waals surface area contributed by atoms with Gasteiger partial charge in [-0.1, -0.05) is 0 Å². The van der Waals surface area contributed by atoms with Crippen LogP contribution in [0.1, 0.15) is 36.6 Å². The van der Waals surface area contributed by atoms with Crippen LogP contribution in [0.15, 0.2) is 36.4 Å². The van der Waals surface area contributed by atoms with E-state index >= 15 is 0 Å². The average Bonchev–Trinajstić information content (AvgIpc) is 2.76. The molecule has 6 nitrogen and oxygen atoms in total. The standard InChI is InChI=1S/C16H13N3O3/c1-8-6-10(17)3-5-13(8)18-14(20)9-2-4-11-12(7-9)16(22)19-15(11)21/h2-7H,17H2,1H3,(H,18,20)(H,19,21,22). The van der Waals surface area contributed by atoms with E-state index in [0.29, 0.717) is 16.9 Å². The molecule has 1 aliphatic heterocycles. The maximum atomic E-state index is 12.3. The molecule has 1 heterocycles. The number of amides is 3. The first-order chi connectivity index (χ1) is 10.5. The number of nitrogens with one attached hydrogen (secondary N) is 2. The summed E-state index contributed by atoms with van der Waals surface area (Å²) in [6.45, 7) is 1.83. The number of anilines is 2. The number of hydrogen-bond acceptors (Lipinski definition) is 4. The lowest BCUT2D eigenvalue weighted by atomic mass is 10.0. The summed E-state index contributed by atoms with van der Waals surface area (Å²) < 4.78 is 0. The van der Waals surface area contributed by atoms with Crippen LogP contribution in [0.25, 0.3) is 0 Å². The summed E-state index contributed by atoms with van der Waals surface area (Å²) in [6, 6.07) is 9.56. The first kappa shape index (κ1) is 13.8. The van der Waals surface area contributed by atoms with Crippen LogP contribution >= 0.6 is 0 Å². The molecule has 0 spiro atoms. The molecule has 6 heteroatoms. The number of carbonyl (C=O) groups is 3. The Morgan fingerprint density at radius 1 is 1.05 bits per heavy atom. The zero-order valence-corrected chi connectivity index (χ0v) is 11.8. The molecular weight excluding hydrogens is 282 g/mol. The van der Waals surface area contributed by atoms with Crippen LogP contribution in [0.3, 0.4) is 0 Å². The number of fused-ring (bicyclic) bond motifs is 1. The highest BCUT2D eigenvalue weighted by molar-refractivity contribution is 6.22. The summed E-state index contributed by atoms with van der Waals surface area (Å²) in [5.41, 5.74) is 8.56. The largest absolute Gasteiger partial charge is 0.399 e. The summed E-state index contributed by atoms with van der Waals surface area (Å²) in [4.78, 5) is 35.4. The monoisotopic (exact) mass is 295 g/mol. The quantitative estimate of drug-likeness (QED) is 0.580. The summed E-state index contributed by atoms with van der Waals surface area (Å²) in [5.74, 6) is -1.29. The third kappa shape index (κ3) is 2.31. The highest BCUT2D eigenvalue weighted by atomic mass is 16.2. The minimum Gasteiger partial charge on any atom is -0.399 e. The molecule has 0 atom stereocenters. The summed E-state index contributed by atoms with van der Waals surface area (Å²) in [6.07, 6.45) is 0. The van der Waals surface area contributed by atoms with Gasteiger partial charge < -0.3 is 11.1 Å². The molecule has 0 radical (unpaired) electrons. The van der Waals surface area contributed by atoms with Crippen molar-refractivity contribution in [1.29, 1.82) is 0 Å². The maximum absolute atomic E-state index is 12.3. The van der Waals surface area contributed by atoms with E-state index in [0.717, 1.165) is 5.56 Å². The van der Waals surface area contributed by atoms with Gasteiger partial charge in [-0.2, -0.15) is 0 Å². The Bertz CT molecular complexity index is 827. The molecule has 2 aromatic carbocycles. The molecule has 1 aliphatic rings. The molecule has 0 aromatic heterocycles. The summed E-state index contributed by atoms with van der Waals surface area (Å²) >= 11 is 0. The van der Waals surface area contributed by atoms with E-state index in [1.165, 1.54) is 18.2 Å². The molecule has 2 aromatic rings. The SMILES string of the molecule is Cc1cc(N)ccc1NC(=O)c1ccc2c(c1)C(=O)NC2=O. The molecule has 3 rings (SSSR count). The molecule has 0 saturated carbocycles. The van der Waals surface area contributed by atoms with Crippen LogP contribution in [-0.4, -0.2) is 17.7 Å². The molecular formula is C16H13N3O3. The van der Waals surface area contributed by atoms with Crippen molar-refractivity contribution in [1.82, 2.24) is 5.32 Å². The van der Waals surface area contributed by atoms with E-state index in [2.05, 4.69) is 10.6 Å². The number of aryl methyl sites for hydroxylation is 1. The van der Waals surface area contributed by atoms with Crippen LogP contribution in [0.4, 0.5) is 11.4 Å². The van der Waals surface area contributed by atoms with Crippen molar-refractivity contribution in [3.63, 3.8) is 0 Å². The normalized spacial score (nSPS) is 12.8. The van der Waals surface area contributed by atoms with Gasteiger partial charge in [-0.05, 0) is 48.9 Å². The second-order valence-electron chi connectivity index (χ2n) is 5.07. The lowest BCUT2D eigenvalue weighted by Gasteiger charge is -2.09. The molecule has 0 unspecified atom stereocenters. The smallest absolute Gasteiger partial charge is 0.258 e. The Labute approximate surface area is 126 Å². The van der Waals surface area contributed by atoms with Crippen molar-refractivity contribution in [3.05, 3.63) is 58.7 Å². The number of imide groups is 1. The van der Waals surface area contributed by atoms with E-state index in [9.17, 15) is 14.4 Å². The average molecular weight is 295 g/mol. The highest BCUT2D eigenvalue weighted by Crippen LogP contribution is 2.21. The van der Waals surface area contributed by atoms with E-state index in [1.807, 2.05) is 6.92 Å². The minimum absolute atomic E-state index is 0.215. The predicted molar refractivity (Wildman–Crippen MR) is 81.8 cm³/mol. The van der Waals surface area contributed by atoms with E-state index in [-0.39, 0.29) is 17.0 Å². The molecule has 22 heavy (non-hydrogen) atoms. The highest BCUT2D eigenvalue weighted by Gasteiger charge is 2.27. The number of hydrogen-bond donors (Lipinski definition) is 3. The van der Waals surface area contributed by atoms with Gasteiger partial charge in [0.2, 0.25) is 0 Å². The van der Waals surface area contributed by atoms with Crippen LogP contribution in [0.5, 0.6) is 0 Å². The fraction of sp³-hybridized carbons (Fsp3) is 0.0625. The van der Waals surface area contributed by atoms with Gasteiger partial charge in [0.05, 0.1) is 11.1 Å². The Morgan fingerprint density at radius 3 is 2.50 bits per heavy atom. The molecule has 110 valence electrons. The van der Waals surface area contributed by atoms with E-state index in [4.69, 9.17) is 5.73 Å². The van der Waals surface area contributed by atoms with Gasteiger partial charge in [0.1, 0.15) is 0 Å². The lowest BCUT2D eigenvalue weighted by molar-refractivity contribution is 0.0879. The van der Waals surface area contributed by atoms with Crippen LogP contribution < -0.4 is 16.4 Å². The Kier molecular flexibility index (Phi) is 3.14. The van der Waals surface area contributed by atoms with Crippen LogP contribution in [0, 0.1) is 6.92 Å². The van der Waals surface area contributed by atoms with E-state index in [1.54, 1.807) is 18.2 Å². The summed E-state index contributed by atoms with van der Waals surface area (Å²) in [5, 5.41) is 4.95. The molecule has 0 saturated heterocycles. The zero-order valence-electron chi connectivity index (χ0n) is 11.8. The number of rotatable bonds is 2. The third-order valence-corrected chi connectivity index (χ3v) is 3.50. The molecule has 0 bridgehead atoms. The van der Waals surface area contributed by atoms with Gasteiger partial charge in [-0.3, -0.25) is 19.7 Å². The number of nitrogen functional groups attached to an aromatic ring is 1. The number of nitrogens with two attached hydrogens (primary N) is 1. The van der Waals surface area contributed by atoms with Gasteiger partial charge in [-0.25, -0.2) is 0 Å². The second-order valence-corrected chi connectivity index (χ2v) is 5.07. The predicted octanol–water partition coefficient (Wildman–Crippen LogP) is 1.71. The topological polar surface area (TPSA) is 101 Å². The van der Waals surface area contributed by atoms with Crippen molar-refractivity contribution in [2.75, 3.05) is 11.1 Å². The van der Waals surface area contributed by atoms with Crippen molar-refractivity contribution in [3.8, 4) is 0 Å². The van der Waals surface area contributed by atoms with E-state index < -0.39 is 11.8 Å². The Hall–Kier alpha value is -3.15. The Morgan fingerprint density at radius 2 is 1.77 bits per heavy atom. The van der Waals surface area contributed by atoms with Crippen molar-refractivity contribution in [2.45, 2.75) is 6.92 Å². The van der Waals surface area contributed by atoms with Gasteiger partial charge in [-0.15, -0.1) is 0 Å². The number of benzene rings is 2. The Balaban J connectivity index is 1.89. The maximum Gasteiger partial charge on any atom is 0.258 e. The van der Waals surface area contributed by atoms with Crippen molar-refractivity contribution < 1.29 is 14.4 Å². The molecule has 0 aliphatic carbocycles. The first-order valence-electron chi connectivity index (χ1n) is 6.63. The van der Waals surface area contributed by atoms with Gasteiger partial charge in [0.25, 0.3) is 17.7 Å². The zero-order chi connectivity index (χ0) is 15.9. The lowest BCUT2D eigenvalue weighted by Crippen LogP contribution is -2.20. The van der Waals surface area contributed by atoms with Crippen molar-refractivity contribution >= 4 is 29.1 Å². The van der Waals surface area contributed by atoms with Crippen LogP contribution in [0.2, 0.25) is 0 Å². The fourth-order valence-corrected chi connectivity index (χ4v) is 2.33. The molecule has 3 amide bonds. The molecule has 0 fully saturated rings. The molecule has 4 N–H and O–H groups in total. The first-order valence-corrected chi connectivity index (χ1v) is 6.63.